The van der Waals surface area contributed by atoms with Crippen molar-refractivity contribution in [2.24, 2.45) is 5.73 Å². The van der Waals surface area contributed by atoms with Crippen molar-refractivity contribution in [3.05, 3.63) is 35.9 Å². The van der Waals surface area contributed by atoms with Crippen LogP contribution < -0.4 is 11.1 Å². The van der Waals surface area contributed by atoms with E-state index >= 15 is 0 Å². The smallest absolute Gasteiger partial charge is 0.237 e. The van der Waals surface area contributed by atoms with Gasteiger partial charge in [-0.1, -0.05) is 30.3 Å². The van der Waals surface area contributed by atoms with Crippen LogP contribution in [0, 0.1) is 0 Å². The molecule has 1 aromatic carbocycles. The van der Waals surface area contributed by atoms with Crippen molar-refractivity contribution < 1.29 is 9.59 Å². The SMILES string of the molecule is CSCC[C@H](N)C(=O)N[C@H](C=O)Cc1ccccc1. The number of aldehydes is 1. The lowest BCUT2D eigenvalue weighted by Crippen LogP contribution is -2.47. The van der Waals surface area contributed by atoms with Crippen molar-refractivity contribution >= 4 is 24.0 Å². The molecular weight excluding hydrogens is 260 g/mol. The molecule has 0 saturated carbocycles. The number of rotatable bonds is 8. The number of amides is 1. The van der Waals surface area contributed by atoms with Gasteiger partial charge in [0.2, 0.25) is 5.91 Å². The highest BCUT2D eigenvalue weighted by molar-refractivity contribution is 7.98. The van der Waals surface area contributed by atoms with Gasteiger partial charge in [-0.05, 0) is 30.4 Å². The average Bonchev–Trinajstić information content (AvgIpc) is 2.44. The van der Waals surface area contributed by atoms with Crippen molar-refractivity contribution in [1.82, 2.24) is 5.32 Å². The van der Waals surface area contributed by atoms with E-state index < -0.39 is 12.1 Å². The van der Waals surface area contributed by atoms with Gasteiger partial charge in [-0.15, -0.1) is 0 Å². The van der Waals surface area contributed by atoms with E-state index in [9.17, 15) is 9.59 Å². The van der Waals surface area contributed by atoms with Gasteiger partial charge in [-0.25, -0.2) is 0 Å². The highest BCUT2D eigenvalue weighted by atomic mass is 32.2. The third-order valence-electron chi connectivity index (χ3n) is 2.76. The Hall–Kier alpha value is -1.33. The number of hydrogen-bond donors (Lipinski definition) is 2. The molecule has 5 heteroatoms. The maximum absolute atomic E-state index is 11.8. The van der Waals surface area contributed by atoms with Crippen LogP contribution >= 0.6 is 11.8 Å². The van der Waals surface area contributed by atoms with Crippen LogP contribution in [0.5, 0.6) is 0 Å². The number of nitrogens with one attached hydrogen (secondary N) is 1. The van der Waals surface area contributed by atoms with Crippen LogP contribution in [0.1, 0.15) is 12.0 Å². The third kappa shape index (κ3) is 5.89. The van der Waals surface area contributed by atoms with Gasteiger partial charge in [-0.2, -0.15) is 11.8 Å². The fourth-order valence-electron chi connectivity index (χ4n) is 1.67. The number of carbonyl (C=O) groups excluding carboxylic acids is 2. The summed E-state index contributed by atoms with van der Waals surface area (Å²) in [6.07, 6.45) is 3.83. The zero-order chi connectivity index (χ0) is 14.1. The Morgan fingerprint density at radius 2 is 2.11 bits per heavy atom. The molecule has 0 aliphatic rings. The summed E-state index contributed by atoms with van der Waals surface area (Å²) in [6, 6.07) is 8.51. The van der Waals surface area contributed by atoms with Gasteiger partial charge in [0.1, 0.15) is 6.29 Å². The van der Waals surface area contributed by atoms with Crippen LogP contribution in [0.4, 0.5) is 0 Å². The Balaban J connectivity index is 2.48. The standard InChI is InChI=1S/C14H20N2O2S/c1-19-8-7-13(15)14(18)16-12(10-17)9-11-5-3-2-4-6-11/h2-6,10,12-13H,7-9,15H2,1H3,(H,16,18)/t12-,13-/m0/s1. The summed E-state index contributed by atoms with van der Waals surface area (Å²) in [5.41, 5.74) is 6.77. The molecule has 0 unspecified atom stereocenters. The maximum Gasteiger partial charge on any atom is 0.237 e. The summed E-state index contributed by atoms with van der Waals surface area (Å²) in [5, 5.41) is 2.68. The van der Waals surface area contributed by atoms with Crippen LogP contribution in [0.25, 0.3) is 0 Å². The minimum atomic E-state index is -0.550. The molecule has 4 nitrogen and oxygen atoms in total. The Labute approximate surface area is 118 Å². The van der Waals surface area contributed by atoms with Crippen molar-refractivity contribution in [2.45, 2.75) is 24.9 Å². The van der Waals surface area contributed by atoms with E-state index in [1.165, 1.54) is 0 Å². The molecule has 104 valence electrons. The Bertz CT molecular complexity index is 398. The number of nitrogens with two attached hydrogens (primary N) is 1. The lowest BCUT2D eigenvalue weighted by molar-refractivity contribution is -0.125. The van der Waals surface area contributed by atoms with Gasteiger partial charge >= 0.3 is 0 Å². The fraction of sp³-hybridized carbons (Fsp3) is 0.429. The molecule has 0 heterocycles. The molecule has 1 rings (SSSR count). The number of benzene rings is 1. The molecule has 0 bridgehead atoms. The number of thioether (sulfide) groups is 1. The largest absolute Gasteiger partial charge is 0.345 e. The second kappa shape index (κ2) is 8.72. The summed E-state index contributed by atoms with van der Waals surface area (Å²) in [6.45, 7) is 0. The highest BCUT2D eigenvalue weighted by Crippen LogP contribution is 2.03. The average molecular weight is 280 g/mol. The lowest BCUT2D eigenvalue weighted by atomic mass is 10.1. The van der Waals surface area contributed by atoms with Gasteiger partial charge in [0.05, 0.1) is 12.1 Å². The third-order valence-corrected chi connectivity index (χ3v) is 3.40. The van der Waals surface area contributed by atoms with Crippen LogP contribution in [0.3, 0.4) is 0 Å². The van der Waals surface area contributed by atoms with Crippen molar-refractivity contribution in [2.75, 3.05) is 12.0 Å². The van der Waals surface area contributed by atoms with Gasteiger partial charge in [-0.3, -0.25) is 4.79 Å². The molecule has 0 aliphatic carbocycles. The van der Waals surface area contributed by atoms with Crippen LogP contribution in [-0.2, 0) is 16.0 Å². The zero-order valence-electron chi connectivity index (χ0n) is 11.0. The topological polar surface area (TPSA) is 72.2 Å². The molecule has 0 aliphatic heterocycles. The van der Waals surface area contributed by atoms with Crippen LogP contribution in [-0.4, -0.2) is 36.3 Å². The van der Waals surface area contributed by atoms with Crippen molar-refractivity contribution in [1.29, 1.82) is 0 Å². The first-order chi connectivity index (χ1) is 9.17. The van der Waals surface area contributed by atoms with E-state index in [0.717, 1.165) is 17.6 Å². The summed E-state index contributed by atoms with van der Waals surface area (Å²) in [5.74, 6) is 0.570. The van der Waals surface area contributed by atoms with E-state index in [2.05, 4.69) is 5.32 Å². The summed E-state index contributed by atoms with van der Waals surface area (Å²) in [7, 11) is 0. The summed E-state index contributed by atoms with van der Waals surface area (Å²) >= 11 is 1.65. The predicted octanol–water partition coefficient (Wildman–Crippen LogP) is 0.993. The second-order valence-corrected chi connectivity index (χ2v) is 5.31. The molecule has 1 aromatic rings. The fourth-order valence-corrected chi connectivity index (χ4v) is 2.16. The quantitative estimate of drug-likeness (QED) is 0.697. The monoisotopic (exact) mass is 280 g/mol. The molecule has 0 spiro atoms. The van der Waals surface area contributed by atoms with Crippen molar-refractivity contribution in [3.63, 3.8) is 0 Å². The zero-order valence-corrected chi connectivity index (χ0v) is 11.9. The highest BCUT2D eigenvalue weighted by Gasteiger charge is 2.17. The predicted molar refractivity (Wildman–Crippen MR) is 79.1 cm³/mol. The maximum atomic E-state index is 11.8. The molecule has 0 radical (unpaired) electrons. The summed E-state index contributed by atoms with van der Waals surface area (Å²) < 4.78 is 0. The minimum absolute atomic E-state index is 0.262. The van der Waals surface area contributed by atoms with Gasteiger partial charge in [0, 0.05) is 0 Å². The minimum Gasteiger partial charge on any atom is -0.345 e. The van der Waals surface area contributed by atoms with Gasteiger partial charge in [0.25, 0.3) is 0 Å². The lowest BCUT2D eigenvalue weighted by Gasteiger charge is -2.16. The van der Waals surface area contributed by atoms with E-state index in [-0.39, 0.29) is 5.91 Å². The first-order valence-corrected chi connectivity index (χ1v) is 7.61. The Morgan fingerprint density at radius 3 is 2.68 bits per heavy atom. The van der Waals surface area contributed by atoms with Gasteiger partial charge < -0.3 is 15.8 Å². The van der Waals surface area contributed by atoms with Gasteiger partial charge in [0.15, 0.2) is 0 Å². The van der Waals surface area contributed by atoms with E-state index in [4.69, 9.17) is 5.73 Å². The number of carbonyl (C=O) groups is 2. The van der Waals surface area contributed by atoms with E-state index in [1.54, 1.807) is 11.8 Å². The summed E-state index contributed by atoms with van der Waals surface area (Å²) in [4.78, 5) is 22.8. The molecule has 0 fully saturated rings. The molecule has 1 amide bonds. The first kappa shape index (κ1) is 15.7. The van der Waals surface area contributed by atoms with Crippen molar-refractivity contribution in [3.8, 4) is 0 Å². The van der Waals surface area contributed by atoms with Crippen LogP contribution in [0.2, 0.25) is 0 Å². The molecular formula is C14H20N2O2S. The molecule has 19 heavy (non-hydrogen) atoms. The van der Waals surface area contributed by atoms with Crippen LogP contribution in [0.15, 0.2) is 30.3 Å². The van der Waals surface area contributed by atoms with E-state index in [1.807, 2.05) is 36.6 Å². The number of hydrogen-bond acceptors (Lipinski definition) is 4. The normalized spacial score (nSPS) is 13.6. The first-order valence-electron chi connectivity index (χ1n) is 6.21. The molecule has 0 aromatic heterocycles. The Morgan fingerprint density at radius 1 is 1.42 bits per heavy atom. The molecule has 2 atom stereocenters. The van der Waals surface area contributed by atoms with E-state index in [0.29, 0.717) is 12.8 Å². The Kier molecular flexibility index (Phi) is 7.22. The molecule has 0 saturated heterocycles. The molecule has 3 N–H and O–H groups in total. The second-order valence-electron chi connectivity index (χ2n) is 4.33.